The van der Waals surface area contributed by atoms with E-state index in [1.807, 2.05) is 74.5 Å². The molecule has 254 valence electrons. The second kappa shape index (κ2) is 16.5. The first-order valence-electron chi connectivity index (χ1n) is 16.2. The van der Waals surface area contributed by atoms with E-state index in [9.17, 15) is 18.3 Å². The third-order valence-electron chi connectivity index (χ3n) is 8.46. The minimum atomic E-state index is -4.24. The summed E-state index contributed by atoms with van der Waals surface area (Å²) >= 11 is 0. The van der Waals surface area contributed by atoms with Crippen LogP contribution in [0.25, 0.3) is 0 Å². The molecule has 5 atom stereocenters. The summed E-state index contributed by atoms with van der Waals surface area (Å²) in [6.07, 6.45) is -1.32. The van der Waals surface area contributed by atoms with E-state index < -0.39 is 47.0 Å². The normalized spacial score (nSPS) is 20.6. The first-order valence-corrected chi connectivity index (χ1v) is 17.6. The lowest BCUT2D eigenvalue weighted by atomic mass is 10.0. The number of sulfonamides is 1. The third-order valence-corrected chi connectivity index (χ3v) is 10.1. The Kier molecular flexibility index (Phi) is 12.2. The number of aliphatic hydroxyl groups is 1. The number of aliphatic hydroxyl groups excluding tert-OH is 1. The molecule has 2 fully saturated rings. The zero-order valence-corrected chi connectivity index (χ0v) is 27.6. The fourth-order valence-corrected chi connectivity index (χ4v) is 6.97. The number of ether oxygens (including phenoxy) is 4. The number of amides is 1. The Balaban J connectivity index is 1.31. The molecule has 5 rings (SSSR count). The van der Waals surface area contributed by atoms with E-state index in [-0.39, 0.29) is 30.1 Å². The van der Waals surface area contributed by atoms with Crippen LogP contribution in [0.2, 0.25) is 0 Å². The van der Waals surface area contributed by atoms with Gasteiger partial charge < -0.3 is 29.4 Å². The fraction of sp³-hybridized carbons (Fsp3) is 0.457. The SMILES string of the molecule is CCC(CC)ON(C[C@@H](O)[C@H](Cc1ccccc1)NC(=O)O[C@H]1CO[C@H]2OCC[C@H]21)S(=O)(=O)c1ccc(OCc2ccccc2)cc1. The highest BCUT2D eigenvalue weighted by molar-refractivity contribution is 7.89. The van der Waals surface area contributed by atoms with Crippen molar-refractivity contribution in [1.29, 1.82) is 0 Å². The van der Waals surface area contributed by atoms with E-state index in [0.717, 1.165) is 22.0 Å². The van der Waals surface area contributed by atoms with Crippen LogP contribution in [0.15, 0.2) is 89.8 Å². The van der Waals surface area contributed by atoms with E-state index in [1.54, 1.807) is 12.1 Å². The van der Waals surface area contributed by atoms with Gasteiger partial charge in [0, 0.05) is 0 Å². The number of nitrogens with zero attached hydrogens (tertiary/aromatic N) is 1. The van der Waals surface area contributed by atoms with E-state index in [4.69, 9.17) is 23.8 Å². The van der Waals surface area contributed by atoms with Crippen molar-refractivity contribution in [3.05, 3.63) is 96.1 Å². The second-order valence-corrected chi connectivity index (χ2v) is 13.6. The monoisotopic (exact) mass is 668 g/mol. The maximum atomic E-state index is 14.0. The van der Waals surface area contributed by atoms with Crippen LogP contribution in [-0.2, 0) is 42.1 Å². The molecule has 3 aromatic carbocycles. The molecule has 0 saturated carbocycles. The van der Waals surface area contributed by atoms with Gasteiger partial charge >= 0.3 is 6.09 Å². The van der Waals surface area contributed by atoms with Gasteiger partial charge in [-0.1, -0.05) is 79.0 Å². The number of hydrogen-bond acceptors (Lipinski definition) is 9. The lowest BCUT2D eigenvalue weighted by molar-refractivity contribution is -0.149. The average Bonchev–Trinajstić information content (AvgIpc) is 3.71. The van der Waals surface area contributed by atoms with Gasteiger partial charge in [0.05, 0.1) is 48.8 Å². The summed E-state index contributed by atoms with van der Waals surface area (Å²) < 4.78 is 51.5. The fourth-order valence-electron chi connectivity index (χ4n) is 5.67. The zero-order chi connectivity index (χ0) is 33.2. The van der Waals surface area contributed by atoms with Crippen LogP contribution in [0.1, 0.15) is 44.2 Å². The topological polar surface area (TPSA) is 133 Å². The van der Waals surface area contributed by atoms with Crippen molar-refractivity contribution in [1.82, 2.24) is 9.79 Å². The molecule has 0 radical (unpaired) electrons. The number of rotatable bonds is 16. The Labute approximate surface area is 276 Å². The van der Waals surface area contributed by atoms with Crippen LogP contribution in [0.3, 0.4) is 0 Å². The quantitative estimate of drug-likeness (QED) is 0.206. The molecule has 0 aliphatic carbocycles. The summed E-state index contributed by atoms with van der Waals surface area (Å²) in [5, 5.41) is 14.4. The lowest BCUT2D eigenvalue weighted by Gasteiger charge is -2.31. The first kappa shape index (κ1) is 34.8. The van der Waals surface area contributed by atoms with Gasteiger partial charge in [-0.15, -0.1) is 0 Å². The standard InChI is InChI=1S/C35H44N2O9S/c1-3-27(4-2)46-37(47(40,41)29-17-15-28(16-18-29)43-23-26-13-9-6-10-14-26)22-32(38)31(21-25-11-7-5-8-12-25)36-35(39)45-33-24-44-34-30(33)19-20-42-34/h5-18,27,30-34,38H,3-4,19-24H2,1-2H3,(H,36,39)/t30-,31-,32+,33-,34+/m0/s1. The molecule has 0 unspecified atom stereocenters. The van der Waals surface area contributed by atoms with Crippen molar-refractivity contribution in [3.8, 4) is 5.75 Å². The van der Waals surface area contributed by atoms with Crippen LogP contribution < -0.4 is 10.1 Å². The van der Waals surface area contributed by atoms with Crippen LogP contribution >= 0.6 is 0 Å². The number of fused-ring (bicyclic) bond motifs is 1. The van der Waals surface area contributed by atoms with Gasteiger partial charge in [-0.2, -0.15) is 0 Å². The molecule has 47 heavy (non-hydrogen) atoms. The summed E-state index contributed by atoms with van der Waals surface area (Å²) in [5.41, 5.74) is 1.82. The molecule has 11 nitrogen and oxygen atoms in total. The first-order chi connectivity index (χ1) is 22.8. The predicted molar refractivity (Wildman–Crippen MR) is 174 cm³/mol. The number of hydrogen-bond donors (Lipinski definition) is 2. The number of nitrogens with one attached hydrogen (secondary N) is 1. The van der Waals surface area contributed by atoms with Crippen molar-refractivity contribution in [3.63, 3.8) is 0 Å². The second-order valence-electron chi connectivity index (χ2n) is 11.8. The van der Waals surface area contributed by atoms with Gasteiger partial charge in [-0.25, -0.2) is 13.2 Å². The van der Waals surface area contributed by atoms with Crippen molar-refractivity contribution in [2.45, 2.75) is 81.7 Å². The van der Waals surface area contributed by atoms with Crippen molar-refractivity contribution in [2.75, 3.05) is 19.8 Å². The highest BCUT2D eigenvalue weighted by Gasteiger charge is 2.44. The molecule has 2 aliphatic rings. The number of hydroxylamine groups is 1. The van der Waals surface area contributed by atoms with E-state index >= 15 is 0 Å². The summed E-state index contributed by atoms with van der Waals surface area (Å²) in [4.78, 5) is 19.1. The molecule has 2 saturated heterocycles. The van der Waals surface area contributed by atoms with Gasteiger partial charge in [0.1, 0.15) is 18.5 Å². The number of alkyl carbamates (subject to hydrolysis) is 1. The smallest absolute Gasteiger partial charge is 0.407 e. The Bertz CT molecular complexity index is 1510. The molecule has 0 bridgehead atoms. The molecule has 1 amide bonds. The summed E-state index contributed by atoms with van der Waals surface area (Å²) in [6, 6.07) is 24.1. The molecule has 12 heteroatoms. The van der Waals surface area contributed by atoms with Crippen LogP contribution in [0, 0.1) is 5.92 Å². The Hall–Kier alpha value is -3.52. The third kappa shape index (κ3) is 9.31. The summed E-state index contributed by atoms with van der Waals surface area (Å²) in [5.74, 6) is 0.455. The molecule has 3 aromatic rings. The highest BCUT2D eigenvalue weighted by Crippen LogP contribution is 2.33. The number of carbonyl (C=O) groups excluding carboxylic acids is 1. The van der Waals surface area contributed by atoms with Gasteiger partial charge in [-0.3, -0.25) is 4.84 Å². The van der Waals surface area contributed by atoms with E-state index in [2.05, 4.69) is 5.32 Å². The van der Waals surface area contributed by atoms with E-state index in [0.29, 0.717) is 31.8 Å². The lowest BCUT2D eigenvalue weighted by Crippen LogP contribution is -2.51. The number of benzene rings is 3. The van der Waals surface area contributed by atoms with Gasteiger partial charge in [0.15, 0.2) is 6.29 Å². The predicted octanol–water partition coefficient (Wildman–Crippen LogP) is 4.84. The van der Waals surface area contributed by atoms with Gasteiger partial charge in [0.2, 0.25) is 0 Å². The van der Waals surface area contributed by atoms with Crippen molar-refractivity contribution >= 4 is 16.1 Å². The molecule has 0 spiro atoms. The zero-order valence-electron chi connectivity index (χ0n) is 26.8. The minimum Gasteiger partial charge on any atom is -0.489 e. The van der Waals surface area contributed by atoms with Gasteiger partial charge in [0.25, 0.3) is 10.0 Å². The van der Waals surface area contributed by atoms with E-state index in [1.165, 1.54) is 12.1 Å². The highest BCUT2D eigenvalue weighted by atomic mass is 32.2. The van der Waals surface area contributed by atoms with Crippen molar-refractivity contribution < 1.29 is 42.1 Å². The average molecular weight is 669 g/mol. The molecule has 2 heterocycles. The molecular weight excluding hydrogens is 624 g/mol. The molecule has 2 aliphatic heterocycles. The molecule has 0 aromatic heterocycles. The summed E-state index contributed by atoms with van der Waals surface area (Å²) in [7, 11) is -4.24. The number of carbonyl (C=O) groups is 1. The van der Waals surface area contributed by atoms with Crippen LogP contribution in [0.4, 0.5) is 4.79 Å². The van der Waals surface area contributed by atoms with Crippen LogP contribution in [-0.4, -0.2) is 74.5 Å². The Morgan fingerprint density at radius 3 is 2.28 bits per heavy atom. The molecule has 2 N–H and O–H groups in total. The Morgan fingerprint density at radius 2 is 1.62 bits per heavy atom. The maximum absolute atomic E-state index is 14.0. The van der Waals surface area contributed by atoms with Gasteiger partial charge in [-0.05, 0) is 61.1 Å². The Morgan fingerprint density at radius 1 is 0.957 bits per heavy atom. The maximum Gasteiger partial charge on any atom is 0.407 e. The largest absolute Gasteiger partial charge is 0.489 e. The van der Waals surface area contributed by atoms with Crippen LogP contribution in [0.5, 0.6) is 5.75 Å². The summed E-state index contributed by atoms with van der Waals surface area (Å²) in [6.45, 7) is 4.46. The molecular formula is C35H44N2O9S. The van der Waals surface area contributed by atoms with Crippen molar-refractivity contribution in [2.24, 2.45) is 5.92 Å². The minimum absolute atomic E-state index is 0.0238.